The third kappa shape index (κ3) is 3.87. The normalized spacial score (nSPS) is 16.3. The molecular weight excluding hydrogens is 332 g/mol. The number of amides is 1. The van der Waals surface area contributed by atoms with E-state index in [1.165, 1.54) is 18.2 Å². The van der Waals surface area contributed by atoms with Crippen LogP contribution in [0.3, 0.4) is 0 Å². The van der Waals surface area contributed by atoms with Gasteiger partial charge >= 0.3 is 0 Å². The predicted molar refractivity (Wildman–Crippen MR) is 92.1 cm³/mol. The highest BCUT2D eigenvalue weighted by molar-refractivity contribution is 8.00. The second kappa shape index (κ2) is 7.36. The molecule has 1 aliphatic heterocycles. The Hall–Kier alpha value is -1.53. The van der Waals surface area contributed by atoms with Crippen molar-refractivity contribution in [3.63, 3.8) is 0 Å². The molecule has 122 valence electrons. The molecule has 2 heterocycles. The van der Waals surface area contributed by atoms with Crippen LogP contribution >= 0.6 is 23.4 Å². The molecule has 2 aromatic rings. The fourth-order valence-corrected chi connectivity index (χ4v) is 3.80. The van der Waals surface area contributed by atoms with E-state index in [-0.39, 0.29) is 11.2 Å². The van der Waals surface area contributed by atoms with Gasteiger partial charge in [-0.25, -0.2) is 0 Å². The summed E-state index contributed by atoms with van der Waals surface area (Å²) >= 11 is 7.48. The van der Waals surface area contributed by atoms with Gasteiger partial charge in [-0.2, -0.15) is 0 Å². The lowest BCUT2D eigenvalue weighted by Crippen LogP contribution is -2.40. The van der Waals surface area contributed by atoms with Crippen LogP contribution in [0.2, 0.25) is 5.02 Å². The summed E-state index contributed by atoms with van der Waals surface area (Å²) in [5.74, 6) is 0.176. The largest absolute Gasteiger partial charge is 0.342 e. The molecule has 3 rings (SSSR count). The van der Waals surface area contributed by atoms with Crippen molar-refractivity contribution in [3.05, 3.63) is 35.6 Å². The maximum absolute atomic E-state index is 12.6. The Kier molecular flexibility index (Phi) is 5.23. The van der Waals surface area contributed by atoms with Gasteiger partial charge < -0.3 is 4.90 Å². The third-order valence-corrected chi connectivity index (χ3v) is 5.18. The minimum absolute atomic E-state index is 0.176. The summed E-state index contributed by atoms with van der Waals surface area (Å²) in [5.41, 5.74) is 0.891. The van der Waals surface area contributed by atoms with Gasteiger partial charge in [0.25, 0.3) is 0 Å². The summed E-state index contributed by atoms with van der Waals surface area (Å²) in [6.45, 7) is 3.66. The molecule has 1 unspecified atom stereocenters. The number of benzene rings is 1. The summed E-state index contributed by atoms with van der Waals surface area (Å²) in [4.78, 5) is 14.5. The van der Waals surface area contributed by atoms with Gasteiger partial charge in [0.1, 0.15) is 6.33 Å². The van der Waals surface area contributed by atoms with E-state index in [1.807, 2.05) is 40.7 Å². The van der Waals surface area contributed by atoms with Crippen molar-refractivity contribution in [2.24, 2.45) is 0 Å². The highest BCUT2D eigenvalue weighted by atomic mass is 35.5. The molecule has 5 nitrogen and oxygen atoms in total. The van der Waals surface area contributed by atoms with Crippen LogP contribution in [0.1, 0.15) is 26.2 Å². The number of piperidine rings is 1. The molecule has 23 heavy (non-hydrogen) atoms. The molecule has 1 aromatic heterocycles. The van der Waals surface area contributed by atoms with Gasteiger partial charge in [-0.05, 0) is 44.4 Å². The fourth-order valence-electron chi connectivity index (χ4n) is 2.69. The quantitative estimate of drug-likeness (QED) is 0.793. The number of aromatic nitrogens is 3. The zero-order valence-electron chi connectivity index (χ0n) is 13.0. The van der Waals surface area contributed by atoms with E-state index in [1.54, 1.807) is 6.33 Å². The summed E-state index contributed by atoms with van der Waals surface area (Å²) in [7, 11) is 0. The van der Waals surface area contributed by atoms with E-state index in [2.05, 4.69) is 10.2 Å². The van der Waals surface area contributed by atoms with Gasteiger partial charge in [0.05, 0.1) is 10.9 Å². The lowest BCUT2D eigenvalue weighted by molar-refractivity contribution is -0.131. The number of likely N-dealkylation sites (tertiary alicyclic amines) is 1. The van der Waals surface area contributed by atoms with E-state index in [0.717, 1.165) is 31.6 Å². The number of hydrogen-bond donors (Lipinski definition) is 0. The van der Waals surface area contributed by atoms with E-state index in [0.29, 0.717) is 10.2 Å². The first-order valence-corrected chi connectivity index (χ1v) is 9.02. The number of rotatable bonds is 4. The maximum Gasteiger partial charge on any atom is 0.235 e. The monoisotopic (exact) mass is 350 g/mol. The van der Waals surface area contributed by atoms with E-state index < -0.39 is 0 Å². The number of nitrogens with zero attached hydrogens (tertiary/aromatic N) is 4. The lowest BCUT2D eigenvalue weighted by Gasteiger charge is -2.28. The average Bonchev–Trinajstić information content (AvgIpc) is 3.03. The van der Waals surface area contributed by atoms with Gasteiger partial charge in [0.15, 0.2) is 5.16 Å². The predicted octanol–water partition coefficient (Wildman–Crippen LogP) is 3.41. The summed E-state index contributed by atoms with van der Waals surface area (Å²) < 4.78 is 1.86. The average molecular weight is 351 g/mol. The van der Waals surface area contributed by atoms with Crippen LogP contribution in [0.25, 0.3) is 5.69 Å². The minimum atomic E-state index is -0.185. The molecule has 1 aliphatic rings. The Morgan fingerprint density at radius 1 is 1.30 bits per heavy atom. The van der Waals surface area contributed by atoms with Crippen molar-refractivity contribution in [2.75, 3.05) is 13.1 Å². The standard InChI is InChI=1S/C16H19ClN4OS/c1-12(15(22)20-8-3-2-4-9-20)23-16-19-18-11-21(16)14-7-5-6-13(17)10-14/h5-7,10-12H,2-4,8-9H2,1H3. The van der Waals surface area contributed by atoms with E-state index >= 15 is 0 Å². The van der Waals surface area contributed by atoms with Crippen molar-refractivity contribution in [1.29, 1.82) is 0 Å². The molecule has 0 bridgehead atoms. The topological polar surface area (TPSA) is 51.0 Å². The molecule has 1 saturated heterocycles. The van der Waals surface area contributed by atoms with Crippen molar-refractivity contribution >= 4 is 29.3 Å². The van der Waals surface area contributed by atoms with Crippen LogP contribution in [0.15, 0.2) is 35.7 Å². The molecular formula is C16H19ClN4OS. The van der Waals surface area contributed by atoms with Crippen LogP contribution in [0.4, 0.5) is 0 Å². The van der Waals surface area contributed by atoms with E-state index in [9.17, 15) is 4.79 Å². The van der Waals surface area contributed by atoms with Gasteiger partial charge in [-0.15, -0.1) is 10.2 Å². The highest BCUT2D eigenvalue weighted by Gasteiger charge is 2.24. The van der Waals surface area contributed by atoms with Crippen molar-refractivity contribution in [1.82, 2.24) is 19.7 Å². The highest BCUT2D eigenvalue weighted by Crippen LogP contribution is 2.26. The summed E-state index contributed by atoms with van der Waals surface area (Å²) in [6.07, 6.45) is 5.06. The molecule has 0 N–H and O–H groups in total. The van der Waals surface area contributed by atoms with Crippen LogP contribution < -0.4 is 0 Å². The first-order valence-electron chi connectivity index (χ1n) is 7.76. The number of carbonyl (C=O) groups is 1. The molecule has 1 atom stereocenters. The van der Waals surface area contributed by atoms with Gasteiger partial charge in [-0.1, -0.05) is 29.4 Å². The van der Waals surface area contributed by atoms with Crippen molar-refractivity contribution < 1.29 is 4.79 Å². The zero-order chi connectivity index (χ0) is 16.2. The van der Waals surface area contributed by atoms with Gasteiger partial charge in [-0.3, -0.25) is 9.36 Å². The third-order valence-electron chi connectivity index (χ3n) is 3.90. The first kappa shape index (κ1) is 16.3. The maximum atomic E-state index is 12.6. The Labute approximate surface area is 145 Å². The van der Waals surface area contributed by atoms with Crippen LogP contribution in [0.5, 0.6) is 0 Å². The minimum Gasteiger partial charge on any atom is -0.342 e. The first-order chi connectivity index (χ1) is 11.1. The van der Waals surface area contributed by atoms with Crippen LogP contribution in [0, 0.1) is 0 Å². The number of thioether (sulfide) groups is 1. The Balaban J connectivity index is 1.73. The Morgan fingerprint density at radius 2 is 2.09 bits per heavy atom. The zero-order valence-corrected chi connectivity index (χ0v) is 14.6. The Morgan fingerprint density at radius 3 is 2.83 bits per heavy atom. The summed E-state index contributed by atoms with van der Waals surface area (Å²) in [5, 5.41) is 9.30. The van der Waals surface area contributed by atoms with Crippen LogP contribution in [-0.4, -0.2) is 43.9 Å². The number of hydrogen-bond acceptors (Lipinski definition) is 4. The fraction of sp³-hybridized carbons (Fsp3) is 0.438. The molecule has 0 spiro atoms. The molecule has 0 radical (unpaired) electrons. The SMILES string of the molecule is CC(Sc1nncn1-c1cccc(Cl)c1)C(=O)N1CCCCC1. The second-order valence-corrected chi connectivity index (χ2v) is 7.35. The van der Waals surface area contributed by atoms with Gasteiger partial charge in [0.2, 0.25) is 5.91 Å². The van der Waals surface area contributed by atoms with Crippen LogP contribution in [-0.2, 0) is 4.79 Å². The summed E-state index contributed by atoms with van der Waals surface area (Å²) in [6, 6.07) is 7.50. The second-order valence-electron chi connectivity index (χ2n) is 5.61. The molecule has 1 fully saturated rings. The number of carbonyl (C=O) groups excluding carboxylic acids is 1. The Bertz CT molecular complexity index is 684. The molecule has 1 aromatic carbocycles. The van der Waals surface area contributed by atoms with E-state index in [4.69, 9.17) is 11.6 Å². The van der Waals surface area contributed by atoms with Gasteiger partial charge in [0, 0.05) is 18.1 Å². The number of halogens is 1. The van der Waals surface area contributed by atoms with Crippen molar-refractivity contribution in [3.8, 4) is 5.69 Å². The molecule has 0 saturated carbocycles. The molecule has 7 heteroatoms. The smallest absolute Gasteiger partial charge is 0.235 e. The molecule has 0 aliphatic carbocycles. The lowest BCUT2D eigenvalue weighted by atomic mass is 10.1. The van der Waals surface area contributed by atoms with Crippen molar-refractivity contribution in [2.45, 2.75) is 36.6 Å². The molecule has 1 amide bonds.